The Morgan fingerprint density at radius 2 is 1.15 bits per heavy atom. The van der Waals surface area contributed by atoms with Gasteiger partial charge in [-0.05, 0) is 98.4 Å². The van der Waals surface area contributed by atoms with Crippen molar-refractivity contribution in [2.75, 3.05) is 4.90 Å². The van der Waals surface area contributed by atoms with Crippen LogP contribution in [0.25, 0.3) is 49.0 Å². The lowest BCUT2D eigenvalue weighted by molar-refractivity contribution is 1.30. The van der Waals surface area contributed by atoms with Crippen LogP contribution in [0.15, 0.2) is 188 Å². The lowest BCUT2D eigenvalue weighted by atomic mass is 9.94. The average Bonchev–Trinajstić information content (AvgIpc) is 3.12. The molecule has 0 saturated carbocycles. The summed E-state index contributed by atoms with van der Waals surface area (Å²) >= 11 is 0. The minimum Gasteiger partial charge on any atom is -0.310 e. The van der Waals surface area contributed by atoms with Crippen molar-refractivity contribution in [1.29, 1.82) is 0 Å². The van der Waals surface area contributed by atoms with E-state index in [1.807, 2.05) is 0 Å². The molecule has 0 atom stereocenters. The van der Waals surface area contributed by atoms with Crippen molar-refractivity contribution in [3.05, 3.63) is 193 Å². The van der Waals surface area contributed by atoms with Crippen molar-refractivity contribution in [1.82, 2.24) is 0 Å². The van der Waals surface area contributed by atoms with Crippen LogP contribution in [0.1, 0.15) is 18.9 Å². The highest BCUT2D eigenvalue weighted by Crippen LogP contribution is 2.43. The van der Waals surface area contributed by atoms with Crippen LogP contribution in [-0.2, 0) is 0 Å². The second-order valence-electron chi connectivity index (χ2n) is 12.0. The predicted molar refractivity (Wildman–Crippen MR) is 204 cm³/mol. The minimum absolute atomic E-state index is 0.914. The summed E-state index contributed by atoms with van der Waals surface area (Å²) in [5.41, 5.74) is 9.59. The van der Waals surface area contributed by atoms with Gasteiger partial charge in [0.1, 0.15) is 0 Å². The monoisotopic (exact) mass is 601 g/mol. The number of allylic oxidation sites excluding steroid dienone is 8. The van der Waals surface area contributed by atoms with E-state index in [-0.39, 0.29) is 0 Å². The van der Waals surface area contributed by atoms with Gasteiger partial charge < -0.3 is 4.90 Å². The molecule has 0 N–H and O–H groups in total. The van der Waals surface area contributed by atoms with Crippen LogP contribution in [0.5, 0.6) is 0 Å². The molecule has 1 heteroatoms. The van der Waals surface area contributed by atoms with E-state index in [4.69, 9.17) is 0 Å². The fraction of sp³-hybridized carbons (Fsp3) is 0.0435. The van der Waals surface area contributed by atoms with Crippen molar-refractivity contribution in [2.24, 2.45) is 0 Å². The highest BCUT2D eigenvalue weighted by Gasteiger charge is 2.18. The van der Waals surface area contributed by atoms with E-state index in [9.17, 15) is 0 Å². The van der Waals surface area contributed by atoms with E-state index < -0.39 is 0 Å². The molecule has 7 aromatic carbocycles. The van der Waals surface area contributed by atoms with Crippen LogP contribution in [0, 0.1) is 0 Å². The van der Waals surface area contributed by atoms with Crippen molar-refractivity contribution in [3.8, 4) is 11.1 Å². The summed E-state index contributed by atoms with van der Waals surface area (Å²) in [5.74, 6) is 0. The molecule has 1 nitrogen and oxygen atoms in total. The van der Waals surface area contributed by atoms with Gasteiger partial charge in [0.2, 0.25) is 0 Å². The maximum atomic E-state index is 2.41. The van der Waals surface area contributed by atoms with Gasteiger partial charge in [-0.2, -0.15) is 0 Å². The molecular weight excluding hydrogens is 567 g/mol. The number of rotatable bonds is 5. The maximum absolute atomic E-state index is 2.41. The Balaban J connectivity index is 1.29. The fourth-order valence-electron chi connectivity index (χ4n) is 6.95. The summed E-state index contributed by atoms with van der Waals surface area (Å²) in [6, 6.07) is 53.1. The smallest absolute Gasteiger partial charge is 0.0546 e. The molecule has 0 saturated heterocycles. The van der Waals surface area contributed by atoms with Crippen LogP contribution in [0.2, 0.25) is 0 Å². The van der Waals surface area contributed by atoms with Crippen LogP contribution >= 0.6 is 0 Å². The van der Waals surface area contributed by atoms with Gasteiger partial charge in [-0.25, -0.2) is 0 Å². The lowest BCUT2D eigenvalue weighted by Crippen LogP contribution is -2.10. The summed E-state index contributed by atoms with van der Waals surface area (Å²) in [7, 11) is 0. The number of nitrogens with zero attached hydrogens (tertiary/aromatic N) is 1. The largest absolute Gasteiger partial charge is 0.310 e. The topological polar surface area (TPSA) is 3.24 Å². The zero-order valence-electron chi connectivity index (χ0n) is 26.5. The van der Waals surface area contributed by atoms with Crippen LogP contribution in [0.4, 0.5) is 17.1 Å². The molecule has 0 heterocycles. The van der Waals surface area contributed by atoms with E-state index in [1.165, 1.54) is 60.2 Å². The third kappa shape index (κ3) is 5.37. The summed E-state index contributed by atoms with van der Waals surface area (Å²) in [6.45, 7) is 2.11. The lowest BCUT2D eigenvalue weighted by Gasteiger charge is -2.28. The summed E-state index contributed by atoms with van der Waals surface area (Å²) in [4.78, 5) is 2.41. The van der Waals surface area contributed by atoms with E-state index in [0.717, 1.165) is 23.5 Å². The maximum Gasteiger partial charge on any atom is 0.0546 e. The van der Waals surface area contributed by atoms with Gasteiger partial charge in [-0.15, -0.1) is 0 Å². The number of hydrogen-bond donors (Lipinski definition) is 0. The zero-order chi connectivity index (χ0) is 31.6. The first-order valence-electron chi connectivity index (χ1n) is 16.4. The SMILES string of the molecule is C/C=C1/C=C\C=C/C\C=C/1c1ccc(N(c2ccc(-c3cccc4ccccc34)cc2)c2cc3ccccc3c3ccccc23)cc1. The quantitative estimate of drug-likeness (QED) is 0.177. The number of fused-ring (bicyclic) bond motifs is 4. The Kier molecular flexibility index (Phi) is 7.57. The van der Waals surface area contributed by atoms with Crippen molar-refractivity contribution >= 4 is 55.0 Å². The summed E-state index contributed by atoms with van der Waals surface area (Å²) < 4.78 is 0. The van der Waals surface area contributed by atoms with Crippen LogP contribution in [-0.4, -0.2) is 0 Å². The van der Waals surface area contributed by atoms with Crippen molar-refractivity contribution in [2.45, 2.75) is 13.3 Å². The first kappa shape index (κ1) is 28.5. The van der Waals surface area contributed by atoms with Crippen molar-refractivity contribution in [3.63, 3.8) is 0 Å². The van der Waals surface area contributed by atoms with E-state index in [0.29, 0.717) is 0 Å². The second-order valence-corrected chi connectivity index (χ2v) is 12.0. The van der Waals surface area contributed by atoms with Crippen LogP contribution in [0.3, 0.4) is 0 Å². The third-order valence-corrected chi connectivity index (χ3v) is 9.25. The molecule has 0 spiro atoms. The first-order valence-corrected chi connectivity index (χ1v) is 16.4. The second kappa shape index (κ2) is 12.5. The average molecular weight is 602 g/mol. The van der Waals surface area contributed by atoms with Crippen molar-refractivity contribution < 1.29 is 0 Å². The molecule has 8 rings (SSSR count). The normalized spacial score (nSPS) is 16.4. The van der Waals surface area contributed by atoms with Gasteiger partial charge in [0.05, 0.1) is 5.69 Å². The highest BCUT2D eigenvalue weighted by molar-refractivity contribution is 6.14. The van der Waals surface area contributed by atoms with Gasteiger partial charge in [0, 0.05) is 16.8 Å². The first-order chi connectivity index (χ1) is 23.3. The molecule has 0 bridgehead atoms. The van der Waals surface area contributed by atoms with Gasteiger partial charge in [0.25, 0.3) is 0 Å². The Hall–Kier alpha value is -5.92. The van der Waals surface area contributed by atoms with Crippen LogP contribution < -0.4 is 4.90 Å². The van der Waals surface area contributed by atoms with E-state index >= 15 is 0 Å². The van der Waals surface area contributed by atoms with Gasteiger partial charge in [-0.3, -0.25) is 0 Å². The minimum atomic E-state index is 0.914. The van der Waals surface area contributed by atoms with Gasteiger partial charge in [0.15, 0.2) is 0 Å². The standard InChI is InChI=1S/C46H35N/c1-2-33-14-5-3-4-6-18-40(33)35-24-28-38(29-25-35)47(46-32-37-16-8-10-20-43(37)44-21-11-12-22-45(44)46)39-30-26-36(27-31-39)42-23-13-17-34-15-7-9-19-41(34)42/h2-5,7-32H,6H2,1H3/b4-3-,14-5-,33-2-,40-18+. The van der Waals surface area contributed by atoms with Gasteiger partial charge in [-0.1, -0.05) is 152 Å². The summed E-state index contributed by atoms with van der Waals surface area (Å²) in [5, 5.41) is 7.50. The number of anilines is 3. The molecule has 0 radical (unpaired) electrons. The zero-order valence-corrected chi connectivity index (χ0v) is 26.5. The Bertz CT molecular complexity index is 2360. The molecule has 0 unspecified atom stereocenters. The Labute approximate surface area is 276 Å². The molecule has 1 aliphatic rings. The molecule has 0 amide bonds. The van der Waals surface area contributed by atoms with E-state index in [1.54, 1.807) is 0 Å². The Morgan fingerprint density at radius 1 is 0.532 bits per heavy atom. The number of benzene rings is 7. The predicted octanol–water partition coefficient (Wildman–Crippen LogP) is 13.1. The Morgan fingerprint density at radius 3 is 1.89 bits per heavy atom. The molecule has 47 heavy (non-hydrogen) atoms. The van der Waals surface area contributed by atoms with Gasteiger partial charge >= 0.3 is 0 Å². The molecule has 0 fully saturated rings. The molecule has 224 valence electrons. The molecule has 0 aliphatic heterocycles. The van der Waals surface area contributed by atoms with E-state index in [2.05, 4.69) is 194 Å². The number of hydrogen-bond acceptors (Lipinski definition) is 1. The molecule has 0 aromatic heterocycles. The fourth-order valence-corrected chi connectivity index (χ4v) is 6.95. The summed E-state index contributed by atoms with van der Waals surface area (Å²) in [6.07, 6.45) is 14.1. The highest BCUT2D eigenvalue weighted by atomic mass is 15.1. The third-order valence-electron chi connectivity index (χ3n) is 9.25. The molecule has 1 aliphatic carbocycles. The molecular formula is C46H35N. The molecule has 7 aromatic rings.